The zero-order valence-electron chi connectivity index (χ0n) is 36.7. The maximum atomic E-state index is 13.9. The third kappa shape index (κ3) is 24.2. The number of nitrogens with two attached hydrogens (primary N) is 6. The van der Waals surface area contributed by atoms with Crippen LogP contribution in [0.1, 0.15) is 65.7 Å². The molecule has 0 saturated carbocycles. The van der Waals surface area contributed by atoms with Crippen molar-refractivity contribution in [2.75, 3.05) is 24.6 Å². The Kier molecular flexibility index (Phi) is 28.0. The van der Waals surface area contributed by atoms with Crippen LogP contribution in [0, 0.1) is 5.92 Å². The van der Waals surface area contributed by atoms with Crippen molar-refractivity contribution in [3.63, 3.8) is 0 Å². The lowest BCUT2D eigenvalue weighted by Crippen LogP contribution is -2.61. The Labute approximate surface area is 390 Å². The lowest BCUT2D eigenvalue weighted by atomic mass is 10.0. The van der Waals surface area contributed by atoms with Gasteiger partial charge in [-0.15, -0.1) is 0 Å². The fourth-order valence-electron chi connectivity index (χ4n) is 5.60. The van der Waals surface area contributed by atoms with Crippen LogP contribution < -0.4 is 71.6 Å². The van der Waals surface area contributed by atoms with E-state index in [1.54, 1.807) is 13.8 Å². The summed E-state index contributed by atoms with van der Waals surface area (Å²) < 4.78 is 0. The van der Waals surface area contributed by atoms with E-state index in [0.29, 0.717) is 0 Å². The number of carboxylic acid groups (broad SMARTS) is 2. The van der Waals surface area contributed by atoms with Crippen LogP contribution in [0.4, 0.5) is 0 Å². The molecular weight excluding hydrogens is 915 g/mol. The first-order valence-corrected chi connectivity index (χ1v) is 21.6. The van der Waals surface area contributed by atoms with E-state index in [9.17, 15) is 63.3 Å². The molecule has 0 rings (SSSR count). The lowest BCUT2D eigenvalue weighted by molar-refractivity contribution is -0.142. The number of thiol groups is 2. The summed E-state index contributed by atoms with van der Waals surface area (Å²) in [5.41, 5.74) is 32.5. The van der Waals surface area contributed by atoms with Crippen LogP contribution in [0.3, 0.4) is 0 Å². The first-order valence-electron chi connectivity index (χ1n) is 20.4. The average Bonchev–Trinajstić information content (AvgIpc) is 3.21. The summed E-state index contributed by atoms with van der Waals surface area (Å²) in [6, 6.07) is -12.6. The normalized spacial score (nSPS) is 15.0. The molecule has 0 fully saturated rings. The second-order valence-corrected chi connectivity index (χ2v) is 15.9. The average molecular weight is 980 g/mol. The van der Waals surface area contributed by atoms with Crippen molar-refractivity contribution in [3.05, 3.63) is 0 Å². The zero-order valence-corrected chi connectivity index (χ0v) is 38.5. The fraction of sp³-hybridized carbons (Fsp3) is 0.667. The number of primary amides is 1. The molecule has 28 nitrogen and oxygen atoms in total. The van der Waals surface area contributed by atoms with Gasteiger partial charge in [0, 0.05) is 24.6 Å². The zero-order chi connectivity index (χ0) is 50.8. The molecule has 0 aliphatic rings. The molecular formula is C36H65N15O13S2. The minimum atomic E-state index is -1.96. The van der Waals surface area contributed by atoms with E-state index in [1.165, 1.54) is 6.92 Å². The van der Waals surface area contributed by atoms with E-state index < -0.39 is 126 Å². The van der Waals surface area contributed by atoms with Gasteiger partial charge in [0.05, 0.1) is 25.0 Å². The number of hydrogen-bond acceptors (Lipinski definition) is 16. The number of aliphatic carboxylic acids is 2. The third-order valence-electron chi connectivity index (χ3n) is 8.94. The Hall–Kier alpha value is -6.14. The van der Waals surface area contributed by atoms with E-state index in [1.807, 2.05) is 0 Å². The number of rotatable bonds is 32. The Bertz CT molecular complexity index is 1760. The Balaban J connectivity index is 6.83. The van der Waals surface area contributed by atoms with Gasteiger partial charge in [-0.2, -0.15) is 25.3 Å². The maximum absolute atomic E-state index is 13.9. The molecule has 0 radical (unpaired) electrons. The van der Waals surface area contributed by atoms with Crippen molar-refractivity contribution in [2.24, 2.45) is 50.3 Å². The number of guanidine groups is 2. The summed E-state index contributed by atoms with van der Waals surface area (Å²) >= 11 is 7.81. The molecule has 8 amide bonds. The summed E-state index contributed by atoms with van der Waals surface area (Å²) in [5.74, 6) is -13.0. The molecule has 0 aliphatic carbocycles. The first-order chi connectivity index (χ1) is 30.7. The molecule has 0 bridgehead atoms. The number of carbonyl (C=O) groups excluding carboxylic acids is 8. The lowest BCUT2D eigenvalue weighted by Gasteiger charge is -2.28. The van der Waals surface area contributed by atoms with Crippen molar-refractivity contribution in [2.45, 2.75) is 120 Å². The Morgan fingerprint density at radius 1 is 0.530 bits per heavy atom. The third-order valence-corrected chi connectivity index (χ3v) is 9.70. The van der Waals surface area contributed by atoms with E-state index in [0.717, 1.165) is 0 Å². The second kappa shape index (κ2) is 30.9. The summed E-state index contributed by atoms with van der Waals surface area (Å²) in [6.07, 6.45) is -3.95. The summed E-state index contributed by atoms with van der Waals surface area (Å²) in [7, 11) is 0. The first kappa shape index (κ1) is 59.9. The minimum Gasteiger partial charge on any atom is -0.481 e. The quantitative estimate of drug-likeness (QED) is 0.0129. The van der Waals surface area contributed by atoms with Crippen LogP contribution in [0.2, 0.25) is 0 Å². The number of amides is 8. The summed E-state index contributed by atoms with van der Waals surface area (Å²) in [5, 5.41) is 45.5. The number of aliphatic hydroxyl groups is 1. The highest BCUT2D eigenvalue weighted by Gasteiger charge is 2.36. The highest BCUT2D eigenvalue weighted by Crippen LogP contribution is 2.10. The van der Waals surface area contributed by atoms with Crippen LogP contribution in [0.25, 0.3) is 0 Å². The molecule has 374 valence electrons. The van der Waals surface area contributed by atoms with Crippen LogP contribution in [0.5, 0.6) is 0 Å². The molecule has 66 heavy (non-hydrogen) atoms. The highest BCUT2D eigenvalue weighted by molar-refractivity contribution is 7.80. The van der Waals surface area contributed by atoms with E-state index >= 15 is 0 Å². The number of nitrogens with one attached hydrogen (secondary N) is 7. The van der Waals surface area contributed by atoms with Crippen LogP contribution in [-0.2, 0) is 47.9 Å². The SMILES string of the molecule is CC(C)C[C@H](NC(=O)[C@@H](NC(=O)[C@@H](N)CS)[C@@H](C)O)C(=O)N[C@@H](CCCN=C(N)N)C(=O)N[C@@H](CC(=O)O)C(=O)N[C@@H](CCCN=C(N)N)C(=O)N[C@@H](CC(N)=O)C(=O)N[C@@H](CS)C(=O)O. The van der Waals surface area contributed by atoms with Gasteiger partial charge in [0.25, 0.3) is 0 Å². The number of carboxylic acids is 2. The van der Waals surface area contributed by atoms with Crippen LogP contribution in [-0.4, -0.2) is 165 Å². The Morgan fingerprint density at radius 3 is 1.29 bits per heavy atom. The van der Waals surface area contributed by atoms with Gasteiger partial charge in [-0.1, -0.05) is 13.8 Å². The summed E-state index contributed by atoms with van der Waals surface area (Å²) in [6.45, 7) is 4.47. The van der Waals surface area contributed by atoms with E-state index in [-0.39, 0.29) is 74.5 Å². The molecule has 0 spiro atoms. The molecule has 0 saturated heterocycles. The maximum Gasteiger partial charge on any atom is 0.327 e. The molecule has 22 N–H and O–H groups in total. The summed E-state index contributed by atoms with van der Waals surface area (Å²) in [4.78, 5) is 137. The van der Waals surface area contributed by atoms with Crippen molar-refractivity contribution in [3.8, 4) is 0 Å². The number of aliphatic hydroxyl groups excluding tert-OH is 1. The molecule has 0 aromatic rings. The number of aliphatic imine (C=N–C) groups is 2. The van der Waals surface area contributed by atoms with Crippen molar-refractivity contribution >= 4 is 96.4 Å². The number of hydrogen-bond donors (Lipinski definition) is 18. The molecule has 0 unspecified atom stereocenters. The molecule has 0 aromatic carbocycles. The van der Waals surface area contributed by atoms with Crippen LogP contribution >= 0.6 is 25.3 Å². The van der Waals surface area contributed by atoms with Gasteiger partial charge in [0.2, 0.25) is 47.3 Å². The smallest absolute Gasteiger partial charge is 0.327 e. The standard InChI is InChI=1S/C36H65N15O13S2/c1-15(2)10-20(49-33(62)26(16(3)52)51-27(56)17(37)13-65)30(59)45-19(7-5-9-44-36(41)42)29(58)48-22(12-25(54)55)32(61)46-18(6-4-8-43-35(39)40)28(57)47-21(11-24(38)53)31(60)50-23(14-66)34(63)64/h15-23,26,52,65-66H,4-14,37H2,1-3H3,(H2,38,53)(H,45,59)(H,46,61)(H,47,57)(H,48,58)(H,49,62)(H,50,60)(H,51,56)(H,54,55)(H,63,64)(H4,39,40,43)(H4,41,42,44)/t16-,17+,18+,19+,20+,21+,22+,23+,26+/m1/s1. The highest BCUT2D eigenvalue weighted by atomic mass is 32.1. The number of nitrogens with zero attached hydrogens (tertiary/aromatic N) is 2. The molecule has 0 aliphatic heterocycles. The minimum absolute atomic E-state index is 0.0219. The fourth-order valence-corrected chi connectivity index (χ4v) is 6.01. The monoisotopic (exact) mass is 979 g/mol. The van der Waals surface area contributed by atoms with Crippen molar-refractivity contribution in [1.29, 1.82) is 0 Å². The predicted molar refractivity (Wildman–Crippen MR) is 244 cm³/mol. The van der Waals surface area contributed by atoms with E-state index in [4.69, 9.17) is 34.4 Å². The molecule has 9 atom stereocenters. The topological polar surface area (TPSA) is 496 Å². The Morgan fingerprint density at radius 2 is 0.924 bits per heavy atom. The van der Waals surface area contributed by atoms with Gasteiger partial charge >= 0.3 is 11.9 Å². The van der Waals surface area contributed by atoms with Gasteiger partial charge in [0.15, 0.2) is 11.9 Å². The second-order valence-electron chi connectivity index (χ2n) is 15.2. The van der Waals surface area contributed by atoms with Gasteiger partial charge in [0.1, 0.15) is 42.3 Å². The van der Waals surface area contributed by atoms with E-state index in [2.05, 4.69) is 72.5 Å². The van der Waals surface area contributed by atoms with Crippen molar-refractivity contribution in [1.82, 2.24) is 37.2 Å². The molecule has 30 heteroatoms. The van der Waals surface area contributed by atoms with Crippen molar-refractivity contribution < 1.29 is 63.3 Å². The van der Waals surface area contributed by atoms with Gasteiger partial charge < -0.3 is 86.9 Å². The molecule has 0 heterocycles. The number of carbonyl (C=O) groups is 10. The van der Waals surface area contributed by atoms with Gasteiger partial charge in [-0.3, -0.25) is 53.1 Å². The van der Waals surface area contributed by atoms with Crippen LogP contribution in [0.15, 0.2) is 9.98 Å². The van der Waals surface area contributed by atoms with Gasteiger partial charge in [-0.25, -0.2) is 4.79 Å². The van der Waals surface area contributed by atoms with Gasteiger partial charge in [-0.05, 0) is 44.9 Å². The largest absolute Gasteiger partial charge is 0.481 e. The molecule has 0 aromatic heterocycles. The predicted octanol–water partition coefficient (Wildman–Crippen LogP) is -7.46.